The smallest absolute Gasteiger partial charge is 0.308 e. The third-order valence-electron chi connectivity index (χ3n) is 5.05. The number of hydrogen-bond acceptors (Lipinski definition) is 4. The summed E-state index contributed by atoms with van der Waals surface area (Å²) in [4.78, 5) is 23.5. The largest absolute Gasteiger partial charge is 0.493 e. The van der Waals surface area contributed by atoms with Gasteiger partial charge < -0.3 is 14.8 Å². The summed E-state index contributed by atoms with van der Waals surface area (Å²) in [7, 11) is 1.50. The van der Waals surface area contributed by atoms with E-state index in [-0.39, 0.29) is 25.0 Å². The van der Waals surface area contributed by atoms with Crippen molar-refractivity contribution >= 4 is 11.9 Å². The zero-order valence-corrected chi connectivity index (χ0v) is 16.3. The fraction of sp³-hybridized carbons (Fsp3) is 0.619. The molecular weight excluding hydrogens is 349 g/mol. The molecule has 27 heavy (non-hydrogen) atoms. The van der Waals surface area contributed by atoms with Gasteiger partial charge in [0, 0.05) is 13.0 Å². The molecule has 1 saturated carbocycles. The molecule has 0 saturated heterocycles. The molecule has 1 fully saturated rings. The van der Waals surface area contributed by atoms with Crippen LogP contribution >= 0.6 is 0 Å². The Morgan fingerprint density at radius 3 is 2.52 bits per heavy atom. The number of hydrogen-bond donors (Lipinski definition) is 1. The molecule has 1 aliphatic rings. The Kier molecular flexibility index (Phi) is 8.55. The van der Waals surface area contributed by atoms with E-state index >= 15 is 0 Å². The van der Waals surface area contributed by atoms with E-state index in [0.717, 1.165) is 44.1 Å². The van der Waals surface area contributed by atoms with Crippen molar-refractivity contribution < 1.29 is 23.5 Å². The van der Waals surface area contributed by atoms with Gasteiger partial charge in [-0.3, -0.25) is 14.0 Å². The van der Waals surface area contributed by atoms with Gasteiger partial charge in [-0.25, -0.2) is 0 Å². The van der Waals surface area contributed by atoms with Crippen LogP contribution in [0.25, 0.3) is 0 Å². The van der Waals surface area contributed by atoms with E-state index in [0.29, 0.717) is 23.8 Å². The summed E-state index contributed by atoms with van der Waals surface area (Å²) < 4.78 is 22.5. The van der Waals surface area contributed by atoms with Crippen molar-refractivity contribution in [3.8, 4) is 11.5 Å². The maximum Gasteiger partial charge on any atom is 0.308 e. The second-order valence-corrected chi connectivity index (χ2v) is 7.23. The minimum atomic E-state index is -0.418. The van der Waals surface area contributed by atoms with Crippen LogP contribution in [0.2, 0.25) is 0 Å². The van der Waals surface area contributed by atoms with Gasteiger partial charge in [0.2, 0.25) is 5.91 Å². The minimum absolute atomic E-state index is 0.0156. The molecule has 2 rings (SSSR count). The molecule has 5 nitrogen and oxygen atoms in total. The number of rotatable bonds is 9. The van der Waals surface area contributed by atoms with Crippen molar-refractivity contribution in [2.75, 3.05) is 13.8 Å². The van der Waals surface area contributed by atoms with Crippen LogP contribution in [0.3, 0.4) is 0 Å². The second kappa shape index (κ2) is 10.9. The summed E-state index contributed by atoms with van der Waals surface area (Å²) in [5.74, 6) is 1.02. The second-order valence-electron chi connectivity index (χ2n) is 7.23. The van der Waals surface area contributed by atoms with Crippen LogP contribution in [0.4, 0.5) is 4.39 Å². The highest BCUT2D eigenvalue weighted by Crippen LogP contribution is 2.30. The van der Waals surface area contributed by atoms with Crippen LogP contribution in [0.1, 0.15) is 57.4 Å². The number of esters is 1. The molecule has 0 aliphatic heterocycles. The molecule has 0 atom stereocenters. The Balaban J connectivity index is 1.80. The lowest BCUT2D eigenvalue weighted by Gasteiger charge is -2.29. The number of methoxy groups -OCH3 is 1. The van der Waals surface area contributed by atoms with Crippen molar-refractivity contribution in [1.29, 1.82) is 0 Å². The van der Waals surface area contributed by atoms with Crippen molar-refractivity contribution in [2.45, 2.75) is 64.3 Å². The SMILES string of the molecule is COc1cc(CC(=O)NC2CCC(CCCCF)CC2)ccc1OC(C)=O. The summed E-state index contributed by atoms with van der Waals surface area (Å²) in [6.45, 7) is 1.11. The van der Waals surface area contributed by atoms with E-state index in [9.17, 15) is 14.0 Å². The van der Waals surface area contributed by atoms with E-state index in [4.69, 9.17) is 9.47 Å². The number of halogens is 1. The molecule has 6 heteroatoms. The molecule has 1 amide bonds. The summed E-state index contributed by atoms with van der Waals surface area (Å²) in [6, 6.07) is 5.35. The van der Waals surface area contributed by atoms with Crippen LogP contribution in [-0.2, 0) is 16.0 Å². The van der Waals surface area contributed by atoms with Gasteiger partial charge in [0.25, 0.3) is 0 Å². The standard InChI is InChI=1S/C21H30FNO4/c1-15(24)27-19-11-8-17(13-20(19)26-2)14-21(25)23-18-9-6-16(7-10-18)5-3-4-12-22/h8,11,13,16,18H,3-7,9-10,12,14H2,1-2H3,(H,23,25). The average Bonchev–Trinajstić information content (AvgIpc) is 2.64. The van der Waals surface area contributed by atoms with E-state index in [1.807, 2.05) is 0 Å². The first kappa shape index (κ1) is 21.2. The Bertz CT molecular complexity index is 627. The number of nitrogens with one attached hydrogen (secondary N) is 1. The number of benzene rings is 1. The van der Waals surface area contributed by atoms with Crippen molar-refractivity contribution in [3.63, 3.8) is 0 Å². The molecule has 0 spiro atoms. The molecular formula is C21H30FNO4. The predicted molar refractivity (Wildman–Crippen MR) is 102 cm³/mol. The molecule has 0 unspecified atom stereocenters. The van der Waals surface area contributed by atoms with Gasteiger partial charge in [-0.2, -0.15) is 0 Å². The Morgan fingerprint density at radius 2 is 1.89 bits per heavy atom. The van der Waals surface area contributed by atoms with Gasteiger partial charge >= 0.3 is 5.97 Å². The predicted octanol–water partition coefficient (Wildman–Crippen LogP) is 3.98. The lowest BCUT2D eigenvalue weighted by atomic mass is 9.83. The van der Waals surface area contributed by atoms with Gasteiger partial charge in [-0.1, -0.05) is 18.9 Å². The van der Waals surface area contributed by atoms with E-state index < -0.39 is 5.97 Å². The van der Waals surface area contributed by atoms with Crippen molar-refractivity contribution in [1.82, 2.24) is 5.32 Å². The van der Waals surface area contributed by atoms with E-state index in [1.165, 1.54) is 14.0 Å². The van der Waals surface area contributed by atoms with Crippen molar-refractivity contribution in [3.05, 3.63) is 23.8 Å². The molecule has 1 aromatic rings. The topological polar surface area (TPSA) is 64.6 Å². The van der Waals surface area contributed by atoms with Gasteiger partial charge in [-0.05, 0) is 55.7 Å². The van der Waals surface area contributed by atoms with E-state index in [2.05, 4.69) is 5.32 Å². The van der Waals surface area contributed by atoms with E-state index in [1.54, 1.807) is 18.2 Å². The van der Waals surface area contributed by atoms with Crippen LogP contribution in [0.15, 0.2) is 18.2 Å². The van der Waals surface area contributed by atoms with Crippen LogP contribution < -0.4 is 14.8 Å². The number of alkyl halides is 1. The molecule has 1 N–H and O–H groups in total. The lowest BCUT2D eigenvalue weighted by Crippen LogP contribution is -2.38. The highest BCUT2D eigenvalue weighted by molar-refractivity contribution is 5.79. The van der Waals surface area contributed by atoms with Crippen LogP contribution in [0.5, 0.6) is 11.5 Å². The fourth-order valence-electron chi connectivity index (χ4n) is 3.65. The molecule has 0 heterocycles. The average molecular weight is 379 g/mol. The number of amides is 1. The molecule has 0 bridgehead atoms. The van der Waals surface area contributed by atoms with Crippen molar-refractivity contribution in [2.24, 2.45) is 5.92 Å². The number of unbranched alkanes of at least 4 members (excludes halogenated alkanes) is 1. The summed E-state index contributed by atoms with van der Waals surface area (Å²) in [6.07, 6.45) is 7.15. The first-order chi connectivity index (χ1) is 13.0. The lowest BCUT2D eigenvalue weighted by molar-refractivity contribution is -0.132. The molecule has 150 valence electrons. The first-order valence-corrected chi connectivity index (χ1v) is 9.72. The Labute approximate surface area is 160 Å². The Hall–Kier alpha value is -2.11. The molecule has 1 aromatic carbocycles. The maximum atomic E-state index is 12.4. The number of carbonyl (C=O) groups excluding carboxylic acids is 2. The summed E-state index contributed by atoms with van der Waals surface area (Å²) in [5, 5.41) is 3.11. The highest BCUT2D eigenvalue weighted by Gasteiger charge is 2.22. The van der Waals surface area contributed by atoms with Crippen LogP contribution in [0, 0.1) is 5.92 Å². The van der Waals surface area contributed by atoms with Gasteiger partial charge in [-0.15, -0.1) is 0 Å². The zero-order chi connectivity index (χ0) is 19.6. The van der Waals surface area contributed by atoms with Gasteiger partial charge in [0.05, 0.1) is 20.2 Å². The normalized spacial score (nSPS) is 19.4. The third kappa shape index (κ3) is 7.19. The molecule has 0 radical (unpaired) electrons. The zero-order valence-electron chi connectivity index (χ0n) is 16.3. The molecule has 0 aromatic heterocycles. The Morgan fingerprint density at radius 1 is 1.15 bits per heavy atom. The van der Waals surface area contributed by atoms with Crippen LogP contribution in [-0.4, -0.2) is 31.7 Å². The highest BCUT2D eigenvalue weighted by atomic mass is 19.1. The monoisotopic (exact) mass is 379 g/mol. The fourth-order valence-corrected chi connectivity index (χ4v) is 3.65. The minimum Gasteiger partial charge on any atom is -0.493 e. The number of carbonyl (C=O) groups is 2. The van der Waals surface area contributed by atoms with Gasteiger partial charge in [0.1, 0.15) is 0 Å². The molecule has 1 aliphatic carbocycles. The first-order valence-electron chi connectivity index (χ1n) is 9.72. The third-order valence-corrected chi connectivity index (χ3v) is 5.05. The quantitative estimate of drug-likeness (QED) is 0.400. The maximum absolute atomic E-state index is 12.4. The summed E-state index contributed by atoms with van der Waals surface area (Å²) >= 11 is 0. The van der Waals surface area contributed by atoms with Gasteiger partial charge in [0.15, 0.2) is 11.5 Å². The summed E-state index contributed by atoms with van der Waals surface area (Å²) in [5.41, 5.74) is 0.806. The number of ether oxygens (including phenoxy) is 2.